The van der Waals surface area contributed by atoms with Gasteiger partial charge in [-0.25, -0.2) is 4.98 Å². The SMILES string of the molecule is O=C(O)Cc1cnc2ccc(C(F)(F)F)cn12. The summed E-state index contributed by atoms with van der Waals surface area (Å²) in [5.74, 6) is -1.12. The molecule has 0 saturated carbocycles. The molecule has 17 heavy (non-hydrogen) atoms. The Morgan fingerprint density at radius 1 is 1.41 bits per heavy atom. The lowest BCUT2D eigenvalue weighted by molar-refractivity contribution is -0.138. The molecule has 2 rings (SSSR count). The highest BCUT2D eigenvalue weighted by molar-refractivity contribution is 5.70. The van der Waals surface area contributed by atoms with Crippen molar-refractivity contribution in [3.8, 4) is 0 Å². The van der Waals surface area contributed by atoms with E-state index in [4.69, 9.17) is 5.11 Å². The minimum absolute atomic E-state index is 0.207. The van der Waals surface area contributed by atoms with E-state index < -0.39 is 17.7 Å². The number of aliphatic carboxylic acids is 1. The number of carbonyl (C=O) groups is 1. The van der Waals surface area contributed by atoms with Gasteiger partial charge in [0.1, 0.15) is 5.65 Å². The van der Waals surface area contributed by atoms with Crippen molar-refractivity contribution in [2.75, 3.05) is 0 Å². The molecule has 0 unspecified atom stereocenters. The van der Waals surface area contributed by atoms with E-state index in [0.717, 1.165) is 16.7 Å². The van der Waals surface area contributed by atoms with Crippen LogP contribution in [-0.4, -0.2) is 20.5 Å². The fourth-order valence-corrected chi connectivity index (χ4v) is 1.48. The molecule has 90 valence electrons. The Bertz CT molecular complexity index is 574. The van der Waals surface area contributed by atoms with Crippen molar-refractivity contribution < 1.29 is 23.1 Å². The van der Waals surface area contributed by atoms with Gasteiger partial charge >= 0.3 is 12.1 Å². The van der Waals surface area contributed by atoms with E-state index in [1.807, 2.05) is 0 Å². The van der Waals surface area contributed by atoms with Crippen molar-refractivity contribution in [3.63, 3.8) is 0 Å². The number of halogens is 3. The number of imidazole rings is 1. The van der Waals surface area contributed by atoms with Gasteiger partial charge in [0.15, 0.2) is 0 Å². The molecule has 0 aromatic carbocycles. The van der Waals surface area contributed by atoms with Crippen molar-refractivity contribution in [1.82, 2.24) is 9.38 Å². The van der Waals surface area contributed by atoms with Crippen molar-refractivity contribution in [1.29, 1.82) is 0 Å². The van der Waals surface area contributed by atoms with Crippen LogP contribution in [0.1, 0.15) is 11.3 Å². The number of fused-ring (bicyclic) bond motifs is 1. The Morgan fingerprint density at radius 3 is 2.71 bits per heavy atom. The molecule has 0 atom stereocenters. The number of nitrogens with zero attached hydrogens (tertiary/aromatic N) is 2. The molecule has 2 aromatic rings. The summed E-state index contributed by atoms with van der Waals surface area (Å²) in [5, 5.41) is 8.61. The molecule has 2 aromatic heterocycles. The number of hydrogen-bond donors (Lipinski definition) is 1. The lowest BCUT2D eigenvalue weighted by Crippen LogP contribution is -2.08. The highest BCUT2D eigenvalue weighted by Gasteiger charge is 2.31. The molecule has 1 N–H and O–H groups in total. The van der Waals surface area contributed by atoms with Gasteiger partial charge in [0.25, 0.3) is 0 Å². The zero-order valence-corrected chi connectivity index (χ0v) is 8.40. The molecule has 0 spiro atoms. The fraction of sp³-hybridized carbons (Fsp3) is 0.200. The van der Waals surface area contributed by atoms with E-state index in [-0.39, 0.29) is 17.8 Å². The van der Waals surface area contributed by atoms with Crippen LogP contribution < -0.4 is 0 Å². The molecule has 0 aliphatic heterocycles. The second-order valence-electron chi connectivity index (χ2n) is 3.46. The van der Waals surface area contributed by atoms with Crippen molar-refractivity contribution >= 4 is 11.6 Å². The van der Waals surface area contributed by atoms with Gasteiger partial charge in [0.05, 0.1) is 17.7 Å². The van der Waals surface area contributed by atoms with Gasteiger partial charge < -0.3 is 9.51 Å². The summed E-state index contributed by atoms with van der Waals surface area (Å²) in [6.07, 6.45) is -2.73. The van der Waals surface area contributed by atoms with Crippen LogP contribution >= 0.6 is 0 Å². The Morgan fingerprint density at radius 2 is 2.12 bits per heavy atom. The minimum Gasteiger partial charge on any atom is -0.481 e. The predicted octanol–water partition coefficient (Wildman–Crippen LogP) is 1.98. The maximum Gasteiger partial charge on any atom is 0.417 e. The van der Waals surface area contributed by atoms with E-state index in [9.17, 15) is 18.0 Å². The molecule has 7 heteroatoms. The van der Waals surface area contributed by atoms with Gasteiger partial charge in [0.2, 0.25) is 0 Å². The van der Waals surface area contributed by atoms with Crippen LogP contribution in [0.2, 0.25) is 0 Å². The lowest BCUT2D eigenvalue weighted by Gasteiger charge is -2.07. The van der Waals surface area contributed by atoms with E-state index in [1.165, 1.54) is 12.3 Å². The topological polar surface area (TPSA) is 54.6 Å². The largest absolute Gasteiger partial charge is 0.481 e. The van der Waals surface area contributed by atoms with Crippen LogP contribution in [0, 0.1) is 0 Å². The van der Waals surface area contributed by atoms with Crippen molar-refractivity contribution in [3.05, 3.63) is 35.8 Å². The van der Waals surface area contributed by atoms with Crippen LogP contribution in [-0.2, 0) is 17.4 Å². The lowest BCUT2D eigenvalue weighted by atomic mass is 10.2. The van der Waals surface area contributed by atoms with E-state index in [0.29, 0.717) is 0 Å². The highest BCUT2D eigenvalue weighted by atomic mass is 19.4. The standard InChI is InChI=1S/C10H7F3N2O2/c11-10(12,13)6-1-2-8-14-4-7(3-9(16)17)15(8)5-6/h1-2,4-5H,3H2,(H,16,17). The van der Waals surface area contributed by atoms with E-state index in [1.54, 1.807) is 0 Å². The zero-order valence-electron chi connectivity index (χ0n) is 8.40. The number of pyridine rings is 1. The Balaban J connectivity index is 2.54. The van der Waals surface area contributed by atoms with E-state index in [2.05, 4.69) is 4.98 Å². The first-order valence-electron chi connectivity index (χ1n) is 4.63. The maximum atomic E-state index is 12.5. The molecular formula is C10H7F3N2O2. The minimum atomic E-state index is -4.46. The van der Waals surface area contributed by atoms with Crippen molar-refractivity contribution in [2.45, 2.75) is 12.6 Å². The second kappa shape index (κ2) is 3.76. The number of carboxylic acid groups (broad SMARTS) is 1. The van der Waals surface area contributed by atoms with Gasteiger partial charge in [-0.05, 0) is 12.1 Å². The Kier molecular flexibility index (Phi) is 2.53. The van der Waals surface area contributed by atoms with Gasteiger partial charge in [-0.3, -0.25) is 4.79 Å². The second-order valence-corrected chi connectivity index (χ2v) is 3.46. The molecule has 2 heterocycles. The summed E-state index contributed by atoms with van der Waals surface area (Å²) in [6, 6.07) is 2.11. The first kappa shape index (κ1) is 11.4. The van der Waals surface area contributed by atoms with Gasteiger partial charge in [-0.1, -0.05) is 0 Å². The zero-order chi connectivity index (χ0) is 12.6. The van der Waals surface area contributed by atoms with Crippen LogP contribution in [0.15, 0.2) is 24.5 Å². The molecule has 4 nitrogen and oxygen atoms in total. The Labute approximate surface area is 93.3 Å². The average molecular weight is 244 g/mol. The molecule has 0 aliphatic rings. The molecule has 0 aliphatic carbocycles. The number of hydrogen-bond acceptors (Lipinski definition) is 2. The smallest absolute Gasteiger partial charge is 0.417 e. The van der Waals surface area contributed by atoms with Gasteiger partial charge in [0, 0.05) is 12.4 Å². The third-order valence-corrected chi connectivity index (χ3v) is 2.24. The number of carboxylic acids is 1. The average Bonchev–Trinajstić information content (AvgIpc) is 2.59. The number of rotatable bonds is 2. The maximum absolute atomic E-state index is 12.5. The van der Waals surface area contributed by atoms with Crippen molar-refractivity contribution in [2.24, 2.45) is 0 Å². The molecule has 0 fully saturated rings. The van der Waals surface area contributed by atoms with Crippen LogP contribution in [0.5, 0.6) is 0 Å². The highest BCUT2D eigenvalue weighted by Crippen LogP contribution is 2.29. The normalized spacial score (nSPS) is 11.9. The monoisotopic (exact) mass is 244 g/mol. The molecule has 0 bridgehead atoms. The number of alkyl halides is 3. The summed E-state index contributed by atoms with van der Waals surface area (Å²) < 4.78 is 38.5. The summed E-state index contributed by atoms with van der Waals surface area (Å²) in [5.41, 5.74) is -0.345. The first-order valence-corrected chi connectivity index (χ1v) is 4.63. The van der Waals surface area contributed by atoms with Crippen LogP contribution in [0.4, 0.5) is 13.2 Å². The molecule has 0 radical (unpaired) electrons. The third kappa shape index (κ3) is 2.22. The quantitative estimate of drug-likeness (QED) is 0.878. The molecular weight excluding hydrogens is 237 g/mol. The summed E-state index contributed by atoms with van der Waals surface area (Å²) in [7, 11) is 0. The Hall–Kier alpha value is -2.05. The van der Waals surface area contributed by atoms with Crippen LogP contribution in [0.3, 0.4) is 0 Å². The summed E-state index contributed by atoms with van der Waals surface area (Å²) in [6.45, 7) is 0. The number of aromatic nitrogens is 2. The van der Waals surface area contributed by atoms with E-state index >= 15 is 0 Å². The summed E-state index contributed by atoms with van der Waals surface area (Å²) in [4.78, 5) is 14.4. The van der Waals surface area contributed by atoms with Gasteiger partial charge in [-0.15, -0.1) is 0 Å². The molecule has 0 amide bonds. The van der Waals surface area contributed by atoms with Crippen LogP contribution in [0.25, 0.3) is 5.65 Å². The predicted molar refractivity (Wildman–Crippen MR) is 51.5 cm³/mol. The first-order chi connectivity index (χ1) is 7.88. The summed E-state index contributed by atoms with van der Waals surface area (Å²) >= 11 is 0. The van der Waals surface area contributed by atoms with Gasteiger partial charge in [-0.2, -0.15) is 13.2 Å². The molecule has 0 saturated heterocycles. The third-order valence-electron chi connectivity index (χ3n) is 2.24. The fourth-order valence-electron chi connectivity index (χ4n) is 1.48.